The Morgan fingerprint density at radius 2 is 1.74 bits per heavy atom. The molecule has 0 fully saturated rings. The third kappa shape index (κ3) is 3.61. The lowest BCUT2D eigenvalue weighted by Crippen LogP contribution is -2.03. The molecule has 8 heteroatoms. The summed E-state index contributed by atoms with van der Waals surface area (Å²) in [7, 11) is 0. The van der Waals surface area contributed by atoms with Gasteiger partial charge in [-0.05, 0) is 36.4 Å². The molecule has 0 saturated carbocycles. The number of hydrogen-bond donors (Lipinski definition) is 0. The van der Waals surface area contributed by atoms with E-state index in [1.54, 1.807) is 18.3 Å². The van der Waals surface area contributed by atoms with Crippen LogP contribution in [0.1, 0.15) is 11.3 Å². The molecule has 27 heavy (non-hydrogen) atoms. The van der Waals surface area contributed by atoms with E-state index >= 15 is 0 Å². The molecule has 4 rings (SSSR count). The van der Waals surface area contributed by atoms with Crippen LogP contribution >= 0.6 is 22.9 Å². The number of thiazole rings is 1. The van der Waals surface area contributed by atoms with E-state index in [4.69, 9.17) is 11.6 Å². The van der Waals surface area contributed by atoms with Gasteiger partial charge in [0.2, 0.25) is 0 Å². The highest BCUT2D eigenvalue weighted by Crippen LogP contribution is 2.31. The third-order valence-corrected chi connectivity index (χ3v) is 4.96. The van der Waals surface area contributed by atoms with E-state index < -0.39 is 11.7 Å². The second kappa shape index (κ2) is 6.83. The van der Waals surface area contributed by atoms with E-state index in [9.17, 15) is 13.2 Å². The Kier molecular flexibility index (Phi) is 4.49. The molecule has 0 N–H and O–H groups in total. The first kappa shape index (κ1) is 17.8. The van der Waals surface area contributed by atoms with Crippen molar-refractivity contribution in [2.24, 2.45) is 4.99 Å². The Morgan fingerprint density at radius 3 is 2.41 bits per heavy atom. The average molecular weight is 406 g/mol. The van der Waals surface area contributed by atoms with Crippen LogP contribution in [-0.4, -0.2) is 15.6 Å². The van der Waals surface area contributed by atoms with Crippen molar-refractivity contribution in [2.45, 2.75) is 6.18 Å². The van der Waals surface area contributed by atoms with Gasteiger partial charge in [-0.25, -0.2) is 4.98 Å². The molecule has 0 atom stereocenters. The quantitative estimate of drug-likeness (QED) is 0.358. The van der Waals surface area contributed by atoms with Crippen molar-refractivity contribution in [2.75, 3.05) is 0 Å². The summed E-state index contributed by atoms with van der Waals surface area (Å²) >= 11 is 7.44. The summed E-state index contributed by atoms with van der Waals surface area (Å²) in [6.45, 7) is 0. The highest BCUT2D eigenvalue weighted by Gasteiger charge is 2.29. The van der Waals surface area contributed by atoms with E-state index in [1.807, 2.05) is 28.1 Å². The second-order valence-corrected chi connectivity index (χ2v) is 7.02. The molecular weight excluding hydrogens is 395 g/mol. The zero-order chi connectivity index (χ0) is 19.0. The highest BCUT2D eigenvalue weighted by atomic mass is 35.5. The fraction of sp³-hybridized carbons (Fsp3) is 0.0526. The number of aromatic nitrogens is 2. The van der Waals surface area contributed by atoms with Gasteiger partial charge in [-0.1, -0.05) is 23.7 Å². The Labute approximate surface area is 161 Å². The molecule has 2 aromatic heterocycles. The minimum atomic E-state index is -4.36. The highest BCUT2D eigenvalue weighted by molar-refractivity contribution is 7.15. The lowest BCUT2D eigenvalue weighted by molar-refractivity contribution is -0.137. The van der Waals surface area contributed by atoms with Crippen molar-refractivity contribution in [3.05, 3.63) is 76.4 Å². The van der Waals surface area contributed by atoms with E-state index in [1.165, 1.54) is 23.5 Å². The fourth-order valence-corrected chi connectivity index (χ4v) is 3.47. The summed E-state index contributed by atoms with van der Waals surface area (Å²) in [4.78, 5) is 9.76. The predicted octanol–water partition coefficient (Wildman–Crippen LogP) is 6.49. The molecule has 2 heterocycles. The van der Waals surface area contributed by atoms with Crippen LogP contribution in [0.5, 0.6) is 0 Å². The summed E-state index contributed by atoms with van der Waals surface area (Å²) in [6, 6.07) is 12.0. The molecule has 136 valence electrons. The summed E-state index contributed by atoms with van der Waals surface area (Å²) in [5, 5.41) is 2.53. The molecule has 0 aliphatic rings. The summed E-state index contributed by atoms with van der Waals surface area (Å²) in [5.41, 5.74) is 2.08. The molecule has 0 unspecified atom stereocenters. The zero-order valence-corrected chi connectivity index (χ0v) is 15.2. The monoisotopic (exact) mass is 405 g/mol. The van der Waals surface area contributed by atoms with Crippen LogP contribution < -0.4 is 0 Å². The molecule has 0 saturated heterocycles. The third-order valence-electron chi connectivity index (χ3n) is 3.95. The Bertz CT molecular complexity index is 1110. The van der Waals surface area contributed by atoms with Gasteiger partial charge in [-0.2, -0.15) is 13.2 Å². The van der Waals surface area contributed by atoms with Crippen molar-refractivity contribution in [1.82, 2.24) is 9.38 Å². The molecule has 4 aromatic rings. The van der Waals surface area contributed by atoms with Crippen LogP contribution in [0, 0.1) is 0 Å². The van der Waals surface area contributed by atoms with Gasteiger partial charge in [-0.3, -0.25) is 9.39 Å². The Morgan fingerprint density at radius 1 is 1.04 bits per heavy atom. The van der Waals surface area contributed by atoms with E-state index in [2.05, 4.69) is 9.98 Å². The van der Waals surface area contributed by atoms with Gasteiger partial charge >= 0.3 is 6.18 Å². The largest absolute Gasteiger partial charge is 0.416 e. The SMILES string of the molecule is FC(F)(F)c1ccc(N=Cc2c(-c3ccc(Cl)cc3)nc3sccn23)cc1. The maximum absolute atomic E-state index is 12.7. The first-order chi connectivity index (χ1) is 12.9. The number of benzene rings is 2. The van der Waals surface area contributed by atoms with Gasteiger partial charge in [0.25, 0.3) is 0 Å². The van der Waals surface area contributed by atoms with Gasteiger partial charge < -0.3 is 0 Å². The van der Waals surface area contributed by atoms with Gasteiger partial charge in [0.1, 0.15) is 0 Å². The molecule has 3 nitrogen and oxygen atoms in total. The van der Waals surface area contributed by atoms with Crippen LogP contribution in [-0.2, 0) is 6.18 Å². The number of alkyl halides is 3. The standard InChI is InChI=1S/C19H11ClF3N3S/c20-14-5-1-12(2-6-14)17-16(26-9-10-27-18(26)25-17)11-24-15-7-3-13(4-8-15)19(21,22)23/h1-11H. The first-order valence-electron chi connectivity index (χ1n) is 7.84. The van der Waals surface area contributed by atoms with E-state index in [-0.39, 0.29) is 0 Å². The minimum Gasteiger partial charge on any atom is -0.289 e. The summed E-state index contributed by atoms with van der Waals surface area (Å²) in [6.07, 6.45) is -0.877. The number of hydrogen-bond acceptors (Lipinski definition) is 3. The first-order valence-corrected chi connectivity index (χ1v) is 9.10. The van der Waals surface area contributed by atoms with Gasteiger partial charge in [-0.15, -0.1) is 11.3 Å². The molecule has 0 radical (unpaired) electrons. The lowest BCUT2D eigenvalue weighted by Gasteiger charge is -2.05. The fourth-order valence-electron chi connectivity index (χ4n) is 2.62. The predicted molar refractivity (Wildman–Crippen MR) is 102 cm³/mol. The lowest BCUT2D eigenvalue weighted by atomic mass is 10.1. The molecule has 0 amide bonds. The smallest absolute Gasteiger partial charge is 0.289 e. The van der Waals surface area contributed by atoms with Crippen molar-refractivity contribution in [3.63, 3.8) is 0 Å². The summed E-state index contributed by atoms with van der Waals surface area (Å²) in [5.74, 6) is 0. The van der Waals surface area contributed by atoms with Crippen LogP contribution in [0.25, 0.3) is 16.2 Å². The number of halogens is 4. The Balaban J connectivity index is 1.72. The average Bonchev–Trinajstić information content (AvgIpc) is 3.22. The number of aliphatic imine (C=N–C) groups is 1. The van der Waals surface area contributed by atoms with Crippen molar-refractivity contribution in [3.8, 4) is 11.3 Å². The van der Waals surface area contributed by atoms with Crippen LogP contribution in [0.3, 0.4) is 0 Å². The molecule has 0 spiro atoms. The molecule has 0 aliphatic heterocycles. The normalized spacial score (nSPS) is 12.3. The topological polar surface area (TPSA) is 29.7 Å². The van der Waals surface area contributed by atoms with Gasteiger partial charge in [0, 0.05) is 22.2 Å². The molecule has 0 bridgehead atoms. The van der Waals surface area contributed by atoms with Crippen molar-refractivity contribution >= 4 is 39.8 Å². The van der Waals surface area contributed by atoms with Crippen molar-refractivity contribution < 1.29 is 13.2 Å². The molecule has 2 aromatic carbocycles. The minimum absolute atomic E-state index is 0.426. The van der Waals surface area contributed by atoms with Crippen molar-refractivity contribution in [1.29, 1.82) is 0 Å². The number of rotatable bonds is 3. The zero-order valence-electron chi connectivity index (χ0n) is 13.6. The van der Waals surface area contributed by atoms with Crippen LogP contribution in [0.2, 0.25) is 5.02 Å². The van der Waals surface area contributed by atoms with E-state index in [0.29, 0.717) is 10.7 Å². The van der Waals surface area contributed by atoms with Crippen LogP contribution in [0.4, 0.5) is 18.9 Å². The second-order valence-electron chi connectivity index (χ2n) is 5.71. The number of fused-ring (bicyclic) bond motifs is 1. The number of imidazole rings is 1. The maximum atomic E-state index is 12.7. The molecular formula is C19H11ClF3N3S. The van der Waals surface area contributed by atoms with E-state index in [0.717, 1.165) is 34.0 Å². The van der Waals surface area contributed by atoms with Gasteiger partial charge in [0.05, 0.1) is 28.9 Å². The van der Waals surface area contributed by atoms with Gasteiger partial charge in [0.15, 0.2) is 4.96 Å². The number of nitrogens with zero attached hydrogens (tertiary/aromatic N) is 3. The summed E-state index contributed by atoms with van der Waals surface area (Å²) < 4.78 is 39.9. The molecule has 0 aliphatic carbocycles. The Hall–Kier alpha value is -2.64. The maximum Gasteiger partial charge on any atom is 0.416 e. The van der Waals surface area contributed by atoms with Crippen LogP contribution in [0.15, 0.2) is 65.1 Å².